The van der Waals surface area contributed by atoms with Gasteiger partial charge in [0, 0.05) is 25.3 Å². The Labute approximate surface area is 104 Å². The minimum absolute atomic E-state index is 0.0829. The molecule has 1 rings (SSSR count). The Morgan fingerprint density at radius 1 is 1.61 bits per heavy atom. The normalized spacial score (nSPS) is 11.9. The molecule has 0 bridgehead atoms. The second-order valence-electron chi connectivity index (χ2n) is 3.78. The van der Waals surface area contributed by atoms with Crippen molar-refractivity contribution in [3.05, 3.63) is 33.9 Å². The number of benzene rings is 1. The summed E-state index contributed by atoms with van der Waals surface area (Å²) in [6, 6.07) is 4.05. The molecule has 0 heterocycles. The number of carbonyl (C=O) groups is 1. The fourth-order valence-electron chi connectivity index (χ4n) is 1.32. The lowest BCUT2D eigenvalue weighted by atomic mass is 10.1. The quantitative estimate of drug-likeness (QED) is 0.583. The topological polar surface area (TPSA) is 107 Å². The molecule has 7 nitrogen and oxygen atoms in total. The van der Waals surface area contributed by atoms with Crippen molar-refractivity contribution < 1.29 is 14.5 Å². The van der Waals surface area contributed by atoms with Crippen LogP contribution < -0.4 is 11.1 Å². The third-order valence-electron chi connectivity index (χ3n) is 2.46. The Kier molecular flexibility index (Phi) is 4.61. The van der Waals surface area contributed by atoms with Gasteiger partial charge in [-0.25, -0.2) is 0 Å². The van der Waals surface area contributed by atoms with Crippen LogP contribution in [0.1, 0.15) is 17.3 Å². The van der Waals surface area contributed by atoms with E-state index in [-0.39, 0.29) is 17.4 Å². The molecule has 7 heteroatoms. The molecule has 0 radical (unpaired) electrons. The average Bonchev–Trinajstić information content (AvgIpc) is 2.35. The highest BCUT2D eigenvalue weighted by atomic mass is 16.6. The Balaban J connectivity index is 2.97. The molecule has 0 fully saturated rings. The van der Waals surface area contributed by atoms with E-state index in [2.05, 4.69) is 5.32 Å². The van der Waals surface area contributed by atoms with Gasteiger partial charge in [0.25, 0.3) is 5.69 Å². The number of primary amides is 1. The summed E-state index contributed by atoms with van der Waals surface area (Å²) >= 11 is 0. The van der Waals surface area contributed by atoms with Crippen LogP contribution in [0.5, 0.6) is 0 Å². The summed E-state index contributed by atoms with van der Waals surface area (Å²) in [5.74, 6) is -0.699. The molecule has 0 aliphatic rings. The minimum Gasteiger partial charge on any atom is -0.380 e. The Hall–Kier alpha value is -2.15. The zero-order valence-electron chi connectivity index (χ0n) is 10.2. The number of nitro benzene ring substituents is 1. The van der Waals surface area contributed by atoms with Crippen molar-refractivity contribution >= 4 is 17.3 Å². The van der Waals surface area contributed by atoms with Gasteiger partial charge in [0.1, 0.15) is 5.69 Å². The molecule has 3 N–H and O–H groups in total. The summed E-state index contributed by atoms with van der Waals surface area (Å²) in [4.78, 5) is 21.3. The third kappa shape index (κ3) is 3.42. The Morgan fingerprint density at radius 2 is 2.28 bits per heavy atom. The van der Waals surface area contributed by atoms with Crippen molar-refractivity contribution in [1.29, 1.82) is 0 Å². The first-order chi connectivity index (χ1) is 8.45. The van der Waals surface area contributed by atoms with Crippen molar-refractivity contribution in [3.63, 3.8) is 0 Å². The van der Waals surface area contributed by atoms with Crippen molar-refractivity contribution in [3.8, 4) is 0 Å². The number of methoxy groups -OCH3 is 1. The van der Waals surface area contributed by atoms with E-state index in [1.54, 1.807) is 7.11 Å². The van der Waals surface area contributed by atoms with E-state index in [9.17, 15) is 14.9 Å². The van der Waals surface area contributed by atoms with Crippen LogP contribution in [0, 0.1) is 10.1 Å². The van der Waals surface area contributed by atoms with Gasteiger partial charge in [0.2, 0.25) is 5.91 Å². The van der Waals surface area contributed by atoms with Crippen LogP contribution >= 0.6 is 0 Å². The van der Waals surface area contributed by atoms with Gasteiger partial charge in [-0.05, 0) is 19.1 Å². The molecule has 18 heavy (non-hydrogen) atoms. The van der Waals surface area contributed by atoms with Gasteiger partial charge >= 0.3 is 0 Å². The summed E-state index contributed by atoms with van der Waals surface area (Å²) in [6.07, 6.45) is -0.0829. The van der Waals surface area contributed by atoms with Gasteiger partial charge in [0.05, 0.1) is 11.0 Å². The summed E-state index contributed by atoms with van der Waals surface area (Å²) in [6.45, 7) is 2.25. The second-order valence-corrected chi connectivity index (χ2v) is 3.78. The van der Waals surface area contributed by atoms with Crippen LogP contribution in [-0.4, -0.2) is 30.6 Å². The maximum atomic E-state index is 11.0. The lowest BCUT2D eigenvalue weighted by molar-refractivity contribution is -0.384. The Morgan fingerprint density at radius 3 is 2.78 bits per heavy atom. The summed E-state index contributed by atoms with van der Waals surface area (Å²) < 4.78 is 5.03. The molecule has 0 aliphatic heterocycles. The number of anilines is 1. The molecule has 1 amide bonds. The van der Waals surface area contributed by atoms with Crippen LogP contribution in [0.25, 0.3) is 0 Å². The monoisotopic (exact) mass is 253 g/mol. The van der Waals surface area contributed by atoms with Crippen LogP contribution in [0.2, 0.25) is 0 Å². The molecule has 0 saturated carbocycles. The van der Waals surface area contributed by atoms with Crippen molar-refractivity contribution in [2.45, 2.75) is 13.0 Å². The van der Waals surface area contributed by atoms with E-state index in [1.165, 1.54) is 12.1 Å². The highest BCUT2D eigenvalue weighted by molar-refractivity contribution is 5.94. The van der Waals surface area contributed by atoms with Gasteiger partial charge in [-0.2, -0.15) is 0 Å². The molecule has 0 saturated heterocycles. The van der Waals surface area contributed by atoms with Gasteiger partial charge in [-0.1, -0.05) is 0 Å². The molecule has 1 aromatic rings. The fraction of sp³-hybridized carbons (Fsp3) is 0.364. The number of ether oxygens (including phenoxy) is 1. The predicted molar refractivity (Wildman–Crippen MR) is 66.6 cm³/mol. The van der Waals surface area contributed by atoms with Crippen molar-refractivity contribution in [2.24, 2.45) is 5.73 Å². The third-order valence-corrected chi connectivity index (χ3v) is 2.46. The molecule has 0 spiro atoms. The van der Waals surface area contributed by atoms with E-state index >= 15 is 0 Å². The number of amides is 1. The largest absolute Gasteiger partial charge is 0.380 e. The number of rotatable bonds is 6. The highest BCUT2D eigenvalue weighted by Crippen LogP contribution is 2.25. The van der Waals surface area contributed by atoms with Crippen molar-refractivity contribution in [1.82, 2.24) is 0 Å². The first-order valence-corrected chi connectivity index (χ1v) is 5.30. The van der Waals surface area contributed by atoms with Crippen LogP contribution in [0.15, 0.2) is 18.2 Å². The number of nitrogens with two attached hydrogens (primary N) is 1. The minimum atomic E-state index is -0.699. The second kappa shape index (κ2) is 5.97. The first-order valence-electron chi connectivity index (χ1n) is 5.30. The van der Waals surface area contributed by atoms with E-state index in [4.69, 9.17) is 10.5 Å². The van der Waals surface area contributed by atoms with E-state index in [0.29, 0.717) is 12.2 Å². The first kappa shape index (κ1) is 13.9. The SMILES string of the molecule is COC(C)CNc1ccc(C(N)=O)cc1[N+](=O)[O-]. The number of nitro groups is 1. The summed E-state index contributed by atoms with van der Waals surface area (Å²) in [5.41, 5.74) is 5.32. The van der Waals surface area contributed by atoms with E-state index in [0.717, 1.165) is 6.07 Å². The average molecular weight is 253 g/mol. The van der Waals surface area contributed by atoms with Gasteiger partial charge in [0.15, 0.2) is 0 Å². The summed E-state index contributed by atoms with van der Waals surface area (Å²) in [5, 5.41) is 13.8. The molecular formula is C11H15N3O4. The standard InChI is InChI=1S/C11H15N3O4/c1-7(18-2)6-13-9-4-3-8(11(12)15)5-10(9)14(16)17/h3-5,7,13H,6H2,1-2H3,(H2,12,15). The Bertz CT molecular complexity index is 462. The number of carbonyl (C=O) groups excluding carboxylic acids is 1. The molecule has 1 unspecified atom stereocenters. The van der Waals surface area contributed by atoms with Crippen LogP contribution in [0.3, 0.4) is 0 Å². The molecule has 1 aromatic carbocycles. The zero-order chi connectivity index (χ0) is 13.7. The lowest BCUT2D eigenvalue weighted by Crippen LogP contribution is -2.19. The molecule has 1 atom stereocenters. The van der Waals surface area contributed by atoms with Crippen LogP contribution in [0.4, 0.5) is 11.4 Å². The van der Waals surface area contributed by atoms with Gasteiger partial charge < -0.3 is 15.8 Å². The number of nitrogens with zero attached hydrogens (tertiary/aromatic N) is 1. The van der Waals surface area contributed by atoms with Crippen molar-refractivity contribution in [2.75, 3.05) is 19.0 Å². The number of hydrogen-bond donors (Lipinski definition) is 2. The molecule has 0 aromatic heterocycles. The molecular weight excluding hydrogens is 238 g/mol. The number of hydrogen-bond acceptors (Lipinski definition) is 5. The molecule has 0 aliphatic carbocycles. The fourth-order valence-corrected chi connectivity index (χ4v) is 1.32. The van der Waals surface area contributed by atoms with E-state index in [1.807, 2.05) is 6.92 Å². The zero-order valence-corrected chi connectivity index (χ0v) is 10.2. The lowest BCUT2D eigenvalue weighted by Gasteiger charge is -2.12. The number of nitrogens with one attached hydrogen (secondary N) is 1. The van der Waals surface area contributed by atoms with Crippen LogP contribution in [-0.2, 0) is 4.74 Å². The maximum absolute atomic E-state index is 11.0. The molecule has 98 valence electrons. The smallest absolute Gasteiger partial charge is 0.293 e. The summed E-state index contributed by atoms with van der Waals surface area (Å²) in [7, 11) is 1.55. The predicted octanol–water partition coefficient (Wildman–Crippen LogP) is 1.14. The highest BCUT2D eigenvalue weighted by Gasteiger charge is 2.16. The maximum Gasteiger partial charge on any atom is 0.293 e. The van der Waals surface area contributed by atoms with Gasteiger partial charge in [-0.3, -0.25) is 14.9 Å². The van der Waals surface area contributed by atoms with E-state index < -0.39 is 10.8 Å². The van der Waals surface area contributed by atoms with Gasteiger partial charge in [-0.15, -0.1) is 0 Å².